The molecule has 1 fully saturated rings. The van der Waals surface area contributed by atoms with Crippen LogP contribution in [0.4, 0.5) is 14.5 Å². The zero-order valence-corrected chi connectivity index (χ0v) is 15.6. The maximum absolute atomic E-state index is 13.3. The predicted octanol–water partition coefficient (Wildman–Crippen LogP) is 3.03. The van der Waals surface area contributed by atoms with E-state index in [0.717, 1.165) is 32.0 Å². The molecule has 1 aliphatic rings. The van der Waals surface area contributed by atoms with Crippen molar-refractivity contribution in [2.75, 3.05) is 19.7 Å². The van der Waals surface area contributed by atoms with Crippen LogP contribution in [0.5, 0.6) is 5.75 Å². The molecule has 29 heavy (non-hydrogen) atoms. The lowest BCUT2D eigenvalue weighted by Gasteiger charge is -2.32. The summed E-state index contributed by atoms with van der Waals surface area (Å²) in [6.45, 7) is 1.81. The van der Waals surface area contributed by atoms with Crippen molar-refractivity contribution in [3.8, 4) is 5.75 Å². The lowest BCUT2D eigenvalue weighted by atomic mass is 10.0. The Kier molecular flexibility index (Phi) is 6.71. The lowest BCUT2D eigenvalue weighted by Crippen LogP contribution is -2.45. The molecule has 3 rings (SSSR count). The van der Waals surface area contributed by atoms with Gasteiger partial charge in [-0.05, 0) is 42.7 Å². The van der Waals surface area contributed by atoms with Gasteiger partial charge in [-0.1, -0.05) is 6.07 Å². The maximum Gasteiger partial charge on any atom is 0.269 e. The summed E-state index contributed by atoms with van der Waals surface area (Å²) in [5.74, 6) is -1.58. The average Bonchev–Trinajstić information content (AvgIpc) is 2.71. The van der Waals surface area contributed by atoms with E-state index < -0.39 is 16.6 Å². The van der Waals surface area contributed by atoms with Crippen molar-refractivity contribution >= 4 is 11.6 Å². The van der Waals surface area contributed by atoms with Crippen molar-refractivity contribution in [1.29, 1.82) is 0 Å². The lowest BCUT2D eigenvalue weighted by molar-refractivity contribution is -0.384. The Hall–Kier alpha value is -3.07. The molecule has 0 spiro atoms. The summed E-state index contributed by atoms with van der Waals surface area (Å²) < 4.78 is 31.7. The number of piperidine rings is 1. The van der Waals surface area contributed by atoms with Crippen LogP contribution < -0.4 is 10.1 Å². The molecule has 1 saturated heterocycles. The molecule has 0 saturated carbocycles. The van der Waals surface area contributed by atoms with Gasteiger partial charge in [0.1, 0.15) is 5.75 Å². The highest BCUT2D eigenvalue weighted by Crippen LogP contribution is 2.18. The van der Waals surface area contributed by atoms with Gasteiger partial charge in [0.2, 0.25) is 0 Å². The molecule has 9 heteroatoms. The highest BCUT2D eigenvalue weighted by Gasteiger charge is 2.21. The first kappa shape index (κ1) is 20.7. The zero-order valence-electron chi connectivity index (χ0n) is 15.6. The SMILES string of the molecule is O=C(COc1ccc([N+](=O)[O-])cc1)NC1CCN(Cc2ccc(F)c(F)c2)CC1. The van der Waals surface area contributed by atoms with Crippen LogP contribution in [0.15, 0.2) is 42.5 Å². The molecule has 1 aliphatic heterocycles. The quantitative estimate of drug-likeness (QED) is 0.565. The van der Waals surface area contributed by atoms with Gasteiger partial charge in [0.25, 0.3) is 11.6 Å². The van der Waals surface area contributed by atoms with E-state index in [1.807, 2.05) is 0 Å². The summed E-state index contributed by atoms with van der Waals surface area (Å²) in [5, 5.41) is 13.5. The smallest absolute Gasteiger partial charge is 0.269 e. The summed E-state index contributed by atoms with van der Waals surface area (Å²) in [6, 6.07) is 9.45. The van der Waals surface area contributed by atoms with Gasteiger partial charge in [0.15, 0.2) is 18.2 Å². The highest BCUT2D eigenvalue weighted by molar-refractivity contribution is 5.77. The molecule has 0 unspecified atom stereocenters. The van der Waals surface area contributed by atoms with Crippen LogP contribution >= 0.6 is 0 Å². The third-order valence-electron chi connectivity index (χ3n) is 4.76. The minimum Gasteiger partial charge on any atom is -0.484 e. The largest absolute Gasteiger partial charge is 0.484 e. The number of halogens is 2. The average molecular weight is 405 g/mol. The van der Waals surface area contributed by atoms with Crippen LogP contribution in [0.25, 0.3) is 0 Å². The van der Waals surface area contributed by atoms with Gasteiger partial charge in [0, 0.05) is 37.8 Å². The van der Waals surface area contributed by atoms with Crippen molar-refractivity contribution in [2.24, 2.45) is 0 Å². The van der Waals surface area contributed by atoms with Gasteiger partial charge < -0.3 is 10.1 Å². The summed E-state index contributed by atoms with van der Waals surface area (Å²) >= 11 is 0. The molecule has 0 bridgehead atoms. The van der Waals surface area contributed by atoms with Gasteiger partial charge in [-0.15, -0.1) is 0 Å². The Bertz CT molecular complexity index is 869. The van der Waals surface area contributed by atoms with Crippen molar-refractivity contribution in [2.45, 2.75) is 25.4 Å². The fourth-order valence-corrected chi connectivity index (χ4v) is 3.21. The second-order valence-electron chi connectivity index (χ2n) is 6.91. The number of amides is 1. The van der Waals surface area contributed by atoms with Crippen molar-refractivity contribution in [1.82, 2.24) is 10.2 Å². The van der Waals surface area contributed by atoms with Gasteiger partial charge in [0.05, 0.1) is 4.92 Å². The fraction of sp³-hybridized carbons (Fsp3) is 0.350. The molecule has 2 aromatic rings. The van der Waals surface area contributed by atoms with E-state index in [1.165, 1.54) is 30.3 Å². The molecular weight excluding hydrogens is 384 g/mol. The number of likely N-dealkylation sites (tertiary alicyclic amines) is 1. The van der Waals surface area contributed by atoms with Crippen LogP contribution in [0.1, 0.15) is 18.4 Å². The first-order valence-corrected chi connectivity index (χ1v) is 9.23. The molecule has 7 nitrogen and oxygen atoms in total. The summed E-state index contributed by atoms with van der Waals surface area (Å²) in [7, 11) is 0. The van der Waals surface area contributed by atoms with Crippen molar-refractivity contribution < 1.29 is 23.2 Å². The Morgan fingerprint density at radius 3 is 2.45 bits per heavy atom. The van der Waals surface area contributed by atoms with Crippen molar-refractivity contribution in [3.63, 3.8) is 0 Å². The molecule has 2 aromatic carbocycles. The monoisotopic (exact) mass is 405 g/mol. The molecule has 0 atom stereocenters. The van der Waals surface area contributed by atoms with E-state index in [9.17, 15) is 23.7 Å². The van der Waals surface area contributed by atoms with Crippen LogP contribution in [0.3, 0.4) is 0 Å². The van der Waals surface area contributed by atoms with Crippen LogP contribution in [0.2, 0.25) is 0 Å². The molecule has 0 aromatic heterocycles. The third kappa shape index (κ3) is 5.95. The van der Waals surface area contributed by atoms with Crippen molar-refractivity contribution in [3.05, 3.63) is 69.8 Å². The van der Waals surface area contributed by atoms with E-state index in [4.69, 9.17) is 4.74 Å². The highest BCUT2D eigenvalue weighted by atomic mass is 19.2. The Balaban J connectivity index is 1.39. The number of benzene rings is 2. The van der Waals surface area contributed by atoms with E-state index >= 15 is 0 Å². The molecule has 0 aliphatic carbocycles. The number of nitrogens with zero attached hydrogens (tertiary/aromatic N) is 2. The van der Waals surface area contributed by atoms with E-state index in [1.54, 1.807) is 6.07 Å². The third-order valence-corrected chi connectivity index (χ3v) is 4.76. The molecule has 1 heterocycles. The fourth-order valence-electron chi connectivity index (χ4n) is 3.21. The minimum atomic E-state index is -0.855. The second-order valence-corrected chi connectivity index (χ2v) is 6.91. The van der Waals surface area contributed by atoms with E-state index in [0.29, 0.717) is 17.9 Å². The normalized spacial score (nSPS) is 15.1. The standard InChI is InChI=1S/C20H21F2N3O4/c21-18-6-1-14(11-19(18)22)12-24-9-7-15(8-10-24)23-20(26)13-29-17-4-2-16(3-5-17)25(27)28/h1-6,11,15H,7-10,12-13H2,(H,23,26). The maximum atomic E-state index is 13.3. The number of nitro groups is 1. The predicted molar refractivity (Wildman–Crippen MR) is 101 cm³/mol. The summed E-state index contributed by atoms with van der Waals surface area (Å²) in [4.78, 5) is 24.3. The second kappa shape index (κ2) is 9.42. The number of carbonyl (C=O) groups excluding carboxylic acids is 1. The number of ether oxygens (including phenoxy) is 1. The first-order valence-electron chi connectivity index (χ1n) is 9.23. The van der Waals surface area contributed by atoms with Gasteiger partial charge in [-0.2, -0.15) is 0 Å². The molecule has 154 valence electrons. The number of rotatable bonds is 7. The number of carbonyl (C=O) groups is 1. The van der Waals surface area contributed by atoms with E-state index in [2.05, 4.69) is 10.2 Å². The van der Waals surface area contributed by atoms with Gasteiger partial charge in [-0.25, -0.2) is 8.78 Å². The van der Waals surface area contributed by atoms with Crippen LogP contribution in [-0.4, -0.2) is 41.5 Å². The number of nitrogens with one attached hydrogen (secondary N) is 1. The minimum absolute atomic E-state index is 0.0177. The molecule has 0 radical (unpaired) electrons. The Morgan fingerprint density at radius 1 is 1.14 bits per heavy atom. The number of hydrogen-bond acceptors (Lipinski definition) is 5. The van der Waals surface area contributed by atoms with Crippen LogP contribution in [-0.2, 0) is 11.3 Å². The van der Waals surface area contributed by atoms with Gasteiger partial charge >= 0.3 is 0 Å². The number of non-ortho nitro benzene ring substituents is 1. The Morgan fingerprint density at radius 2 is 1.83 bits per heavy atom. The molecule has 1 amide bonds. The molecule has 1 N–H and O–H groups in total. The molecular formula is C20H21F2N3O4. The number of nitro benzene ring substituents is 1. The Labute approximate surface area is 166 Å². The first-order chi connectivity index (χ1) is 13.9. The summed E-state index contributed by atoms with van der Waals surface area (Å²) in [6.07, 6.45) is 1.49. The zero-order chi connectivity index (χ0) is 20.8. The van der Waals surface area contributed by atoms with Crippen LogP contribution in [0, 0.1) is 21.7 Å². The van der Waals surface area contributed by atoms with Gasteiger partial charge in [-0.3, -0.25) is 19.8 Å². The number of hydrogen-bond donors (Lipinski definition) is 1. The summed E-state index contributed by atoms with van der Waals surface area (Å²) in [5.41, 5.74) is 0.667. The topological polar surface area (TPSA) is 84.7 Å². The van der Waals surface area contributed by atoms with E-state index in [-0.39, 0.29) is 24.2 Å².